The highest BCUT2D eigenvalue weighted by atomic mass is 79.9. The molecule has 1 fully saturated rings. The summed E-state index contributed by atoms with van der Waals surface area (Å²) in [5.74, 6) is 0. The van der Waals surface area contributed by atoms with Gasteiger partial charge < -0.3 is 5.73 Å². The minimum atomic E-state index is 0.148. The summed E-state index contributed by atoms with van der Waals surface area (Å²) in [6.45, 7) is 8.00. The average molecular weight is 410 g/mol. The summed E-state index contributed by atoms with van der Waals surface area (Å²) in [5, 5.41) is 0. The quantitative estimate of drug-likeness (QED) is 0.712. The number of thiophene rings is 1. The van der Waals surface area contributed by atoms with E-state index in [9.17, 15) is 0 Å². The standard InChI is InChI=1S/C14H22Br2N2S/c1-14(2,3)18-7-5-4-6-10(17)12(18)11-8-9(15)13(16)19-11/h8,10,12H,4-7,17H2,1-3H3. The second kappa shape index (κ2) is 6.14. The van der Waals surface area contributed by atoms with E-state index in [1.807, 2.05) is 0 Å². The molecule has 0 aliphatic carbocycles. The molecule has 2 atom stereocenters. The normalized spacial score (nSPS) is 26.4. The van der Waals surface area contributed by atoms with Crippen LogP contribution in [-0.2, 0) is 0 Å². The molecule has 2 unspecified atom stereocenters. The summed E-state index contributed by atoms with van der Waals surface area (Å²) < 4.78 is 2.30. The Balaban J connectivity index is 2.39. The number of hydrogen-bond acceptors (Lipinski definition) is 3. The fourth-order valence-electron chi connectivity index (χ4n) is 2.82. The lowest BCUT2D eigenvalue weighted by Crippen LogP contribution is -2.48. The molecule has 2 nitrogen and oxygen atoms in total. The van der Waals surface area contributed by atoms with Gasteiger partial charge in [-0.1, -0.05) is 6.42 Å². The van der Waals surface area contributed by atoms with Crippen molar-refractivity contribution in [2.75, 3.05) is 6.54 Å². The zero-order chi connectivity index (χ0) is 14.2. The van der Waals surface area contributed by atoms with Crippen molar-refractivity contribution in [2.45, 2.75) is 57.7 Å². The highest BCUT2D eigenvalue weighted by Gasteiger charge is 2.36. The fourth-order valence-corrected chi connectivity index (χ4v) is 5.10. The van der Waals surface area contributed by atoms with Crippen molar-refractivity contribution in [3.05, 3.63) is 19.2 Å². The van der Waals surface area contributed by atoms with Gasteiger partial charge in [-0.05, 0) is 78.1 Å². The Morgan fingerprint density at radius 3 is 2.53 bits per heavy atom. The molecule has 2 rings (SSSR count). The molecule has 1 aromatic rings. The molecule has 2 heterocycles. The Morgan fingerprint density at radius 1 is 1.32 bits per heavy atom. The van der Waals surface area contributed by atoms with Gasteiger partial charge in [0.2, 0.25) is 0 Å². The van der Waals surface area contributed by atoms with Crippen LogP contribution in [0.3, 0.4) is 0 Å². The fraction of sp³-hybridized carbons (Fsp3) is 0.714. The molecule has 0 saturated carbocycles. The van der Waals surface area contributed by atoms with E-state index in [0.717, 1.165) is 21.2 Å². The molecule has 2 N–H and O–H groups in total. The molecule has 0 radical (unpaired) electrons. The van der Waals surface area contributed by atoms with Gasteiger partial charge in [-0.15, -0.1) is 11.3 Å². The molecule has 0 spiro atoms. The molecule has 108 valence electrons. The van der Waals surface area contributed by atoms with Gasteiger partial charge in [0.1, 0.15) is 0 Å². The Hall–Kier alpha value is 0.580. The summed E-state index contributed by atoms with van der Waals surface area (Å²) in [4.78, 5) is 3.94. The maximum atomic E-state index is 6.49. The van der Waals surface area contributed by atoms with Crippen LogP contribution in [0.4, 0.5) is 0 Å². The van der Waals surface area contributed by atoms with E-state index in [0.29, 0.717) is 6.04 Å². The maximum absolute atomic E-state index is 6.49. The van der Waals surface area contributed by atoms with Crippen molar-refractivity contribution in [3.63, 3.8) is 0 Å². The van der Waals surface area contributed by atoms with Crippen LogP contribution >= 0.6 is 43.2 Å². The lowest BCUT2D eigenvalue weighted by molar-refractivity contribution is 0.0774. The molecule has 1 aliphatic heterocycles. The van der Waals surface area contributed by atoms with Crippen molar-refractivity contribution >= 4 is 43.2 Å². The van der Waals surface area contributed by atoms with E-state index >= 15 is 0 Å². The minimum Gasteiger partial charge on any atom is -0.326 e. The second-order valence-electron chi connectivity index (χ2n) is 6.24. The molecule has 1 saturated heterocycles. The number of nitrogens with two attached hydrogens (primary N) is 1. The predicted octanol–water partition coefficient (Wildman–Crippen LogP) is 4.93. The number of halogens is 2. The number of likely N-dealkylation sites (tertiary alicyclic amines) is 1. The third-order valence-electron chi connectivity index (χ3n) is 3.75. The number of hydrogen-bond donors (Lipinski definition) is 1. The van der Waals surface area contributed by atoms with E-state index in [1.54, 1.807) is 11.3 Å². The Kier molecular flexibility index (Phi) is 5.16. The van der Waals surface area contributed by atoms with Crippen molar-refractivity contribution in [1.29, 1.82) is 0 Å². The third kappa shape index (κ3) is 3.62. The first kappa shape index (κ1) is 16.0. The number of rotatable bonds is 1. The lowest BCUT2D eigenvalue weighted by Gasteiger charge is -2.42. The van der Waals surface area contributed by atoms with Gasteiger partial charge in [0.25, 0.3) is 0 Å². The first-order valence-electron chi connectivity index (χ1n) is 6.78. The first-order valence-corrected chi connectivity index (χ1v) is 9.18. The summed E-state index contributed by atoms with van der Waals surface area (Å²) >= 11 is 9.00. The van der Waals surface area contributed by atoms with Gasteiger partial charge >= 0.3 is 0 Å². The molecule has 1 aliphatic rings. The van der Waals surface area contributed by atoms with Gasteiger partial charge in [0, 0.05) is 20.9 Å². The van der Waals surface area contributed by atoms with E-state index in [1.165, 1.54) is 17.7 Å². The van der Waals surface area contributed by atoms with Crippen LogP contribution in [0.1, 0.15) is 51.0 Å². The van der Waals surface area contributed by atoms with Gasteiger partial charge in [0.15, 0.2) is 0 Å². The first-order chi connectivity index (χ1) is 8.80. The number of nitrogens with zero attached hydrogens (tertiary/aromatic N) is 1. The minimum absolute atomic E-state index is 0.148. The second-order valence-corrected chi connectivity index (χ2v) is 9.50. The molecule has 0 bridgehead atoms. The van der Waals surface area contributed by atoms with Crippen LogP contribution in [0.5, 0.6) is 0 Å². The Morgan fingerprint density at radius 2 is 2.00 bits per heavy atom. The molecular formula is C14H22Br2N2S. The molecule has 1 aromatic heterocycles. The van der Waals surface area contributed by atoms with E-state index in [-0.39, 0.29) is 11.6 Å². The summed E-state index contributed by atoms with van der Waals surface area (Å²) in [6, 6.07) is 2.78. The van der Waals surface area contributed by atoms with Gasteiger partial charge in [0.05, 0.1) is 9.83 Å². The van der Waals surface area contributed by atoms with Crippen LogP contribution in [0.2, 0.25) is 0 Å². The van der Waals surface area contributed by atoms with Crippen LogP contribution < -0.4 is 5.73 Å². The van der Waals surface area contributed by atoms with Crippen LogP contribution in [0.15, 0.2) is 14.3 Å². The lowest BCUT2D eigenvalue weighted by atomic mass is 9.97. The molecule has 0 aromatic carbocycles. The van der Waals surface area contributed by atoms with Crippen molar-refractivity contribution in [2.24, 2.45) is 5.73 Å². The van der Waals surface area contributed by atoms with E-state index in [4.69, 9.17) is 5.73 Å². The largest absolute Gasteiger partial charge is 0.326 e. The van der Waals surface area contributed by atoms with Gasteiger partial charge in [-0.2, -0.15) is 0 Å². The van der Waals surface area contributed by atoms with Crippen molar-refractivity contribution < 1.29 is 0 Å². The highest BCUT2D eigenvalue weighted by molar-refractivity contribution is 9.13. The van der Waals surface area contributed by atoms with Crippen LogP contribution in [0.25, 0.3) is 0 Å². The zero-order valence-electron chi connectivity index (χ0n) is 11.7. The summed E-state index contributed by atoms with van der Waals surface area (Å²) in [6.07, 6.45) is 3.59. The Bertz CT molecular complexity index is 420. The predicted molar refractivity (Wildman–Crippen MR) is 90.7 cm³/mol. The van der Waals surface area contributed by atoms with Gasteiger partial charge in [-0.3, -0.25) is 4.90 Å². The van der Waals surface area contributed by atoms with Crippen LogP contribution in [0, 0.1) is 0 Å². The summed E-state index contributed by atoms with van der Waals surface area (Å²) in [5.41, 5.74) is 6.64. The zero-order valence-corrected chi connectivity index (χ0v) is 15.7. The third-order valence-corrected chi connectivity index (χ3v) is 7.07. The monoisotopic (exact) mass is 408 g/mol. The topological polar surface area (TPSA) is 29.3 Å². The summed E-state index contributed by atoms with van der Waals surface area (Å²) in [7, 11) is 0. The molecule has 0 amide bonds. The molecule has 19 heavy (non-hydrogen) atoms. The van der Waals surface area contributed by atoms with Crippen molar-refractivity contribution in [1.82, 2.24) is 4.90 Å². The molecule has 5 heteroatoms. The van der Waals surface area contributed by atoms with Crippen LogP contribution in [-0.4, -0.2) is 23.0 Å². The smallest absolute Gasteiger partial charge is 0.0843 e. The Labute approximate surface area is 137 Å². The van der Waals surface area contributed by atoms with Gasteiger partial charge in [-0.25, -0.2) is 0 Å². The SMILES string of the molecule is CC(C)(C)N1CCCCC(N)C1c1cc(Br)c(Br)s1. The van der Waals surface area contributed by atoms with E-state index in [2.05, 4.69) is 63.6 Å². The molecular weight excluding hydrogens is 388 g/mol. The van der Waals surface area contributed by atoms with E-state index < -0.39 is 0 Å². The highest BCUT2D eigenvalue weighted by Crippen LogP contribution is 2.42. The average Bonchev–Trinajstić information content (AvgIpc) is 2.50. The van der Waals surface area contributed by atoms with Crippen molar-refractivity contribution in [3.8, 4) is 0 Å². The maximum Gasteiger partial charge on any atom is 0.0843 e.